The molecule has 1 N–H and O–H groups in total. The summed E-state index contributed by atoms with van der Waals surface area (Å²) < 4.78 is 6.88. The lowest BCUT2D eigenvalue weighted by molar-refractivity contribution is 0.520. The van der Waals surface area contributed by atoms with Crippen molar-refractivity contribution in [2.75, 3.05) is 5.32 Å². The van der Waals surface area contributed by atoms with Crippen LogP contribution in [0.25, 0.3) is 5.82 Å². The first-order valence-corrected chi connectivity index (χ1v) is 5.99. The third-order valence-corrected chi connectivity index (χ3v) is 2.71. The van der Waals surface area contributed by atoms with Gasteiger partial charge in [0, 0.05) is 6.20 Å². The summed E-state index contributed by atoms with van der Waals surface area (Å²) in [6.45, 7) is 0.514. The molecule has 96 valence electrons. The second-order valence-electron chi connectivity index (χ2n) is 3.77. The van der Waals surface area contributed by atoms with E-state index in [1.54, 1.807) is 23.3 Å². The van der Waals surface area contributed by atoms with Crippen LogP contribution in [0.1, 0.15) is 5.76 Å². The number of halogens is 1. The van der Waals surface area contributed by atoms with Crippen molar-refractivity contribution in [3.8, 4) is 5.82 Å². The zero-order valence-corrected chi connectivity index (χ0v) is 10.6. The minimum Gasteiger partial charge on any atom is -0.448 e. The first kappa shape index (κ1) is 11.7. The van der Waals surface area contributed by atoms with Gasteiger partial charge in [0.15, 0.2) is 11.0 Å². The van der Waals surface area contributed by atoms with Crippen molar-refractivity contribution in [3.05, 3.63) is 54.1 Å². The van der Waals surface area contributed by atoms with Gasteiger partial charge in [0.25, 0.3) is 0 Å². The van der Waals surface area contributed by atoms with Crippen molar-refractivity contribution >= 4 is 17.3 Å². The molecule has 0 saturated heterocycles. The third kappa shape index (κ3) is 2.58. The van der Waals surface area contributed by atoms with Gasteiger partial charge in [-0.2, -0.15) is 5.10 Å². The molecule has 19 heavy (non-hydrogen) atoms. The van der Waals surface area contributed by atoms with Gasteiger partial charge in [-0.15, -0.1) is 0 Å². The molecule has 0 saturated carbocycles. The Morgan fingerprint density at radius 2 is 2.26 bits per heavy atom. The quantitative estimate of drug-likeness (QED) is 0.792. The van der Waals surface area contributed by atoms with E-state index in [4.69, 9.17) is 16.0 Å². The second-order valence-corrected chi connectivity index (χ2v) is 4.15. The molecule has 6 nitrogen and oxygen atoms in total. The van der Waals surface area contributed by atoms with Crippen LogP contribution in [0.2, 0.25) is 5.22 Å². The maximum atomic E-state index is 5.73. The zero-order valence-electron chi connectivity index (χ0n) is 9.82. The van der Waals surface area contributed by atoms with E-state index in [2.05, 4.69) is 20.4 Å². The highest BCUT2D eigenvalue weighted by Gasteiger charge is 2.07. The topological polar surface area (TPSA) is 68.8 Å². The Balaban J connectivity index is 1.81. The van der Waals surface area contributed by atoms with E-state index in [0.29, 0.717) is 17.6 Å². The minimum atomic E-state index is 0.375. The van der Waals surface area contributed by atoms with Crippen LogP contribution in [0.5, 0.6) is 0 Å². The number of nitrogens with one attached hydrogen (secondary N) is 1. The molecule has 3 aromatic heterocycles. The van der Waals surface area contributed by atoms with Crippen molar-refractivity contribution in [3.63, 3.8) is 0 Å². The smallest absolute Gasteiger partial charge is 0.193 e. The molecule has 3 aromatic rings. The van der Waals surface area contributed by atoms with Crippen molar-refractivity contribution in [1.29, 1.82) is 0 Å². The number of pyridine rings is 1. The Morgan fingerprint density at radius 3 is 3.00 bits per heavy atom. The standard InChI is InChI=1S/C12H10ClN5O/c13-11-4-3-9(19-11)6-16-10-2-1-5-15-12(10)18-8-14-7-17-18/h1-5,7-8,16H,6H2. The average Bonchev–Trinajstić information content (AvgIpc) is 3.08. The highest BCUT2D eigenvalue weighted by molar-refractivity contribution is 6.28. The summed E-state index contributed by atoms with van der Waals surface area (Å²) in [5.41, 5.74) is 0.834. The van der Waals surface area contributed by atoms with Crippen LogP contribution in [-0.2, 0) is 6.54 Å². The predicted molar refractivity (Wildman–Crippen MR) is 70.2 cm³/mol. The average molecular weight is 276 g/mol. The maximum absolute atomic E-state index is 5.73. The van der Waals surface area contributed by atoms with Gasteiger partial charge in [0.1, 0.15) is 18.4 Å². The second kappa shape index (κ2) is 5.11. The zero-order chi connectivity index (χ0) is 13.1. The van der Waals surface area contributed by atoms with Crippen LogP contribution in [-0.4, -0.2) is 19.7 Å². The van der Waals surface area contributed by atoms with E-state index in [1.165, 1.54) is 6.33 Å². The SMILES string of the molecule is Clc1ccc(CNc2cccnc2-n2cncn2)o1. The third-order valence-electron chi connectivity index (χ3n) is 2.50. The Morgan fingerprint density at radius 1 is 1.32 bits per heavy atom. The molecule has 7 heteroatoms. The molecule has 0 aromatic carbocycles. The molecular formula is C12H10ClN5O. The molecule has 0 unspecified atom stereocenters. The predicted octanol–water partition coefficient (Wildman–Crippen LogP) is 2.52. The summed E-state index contributed by atoms with van der Waals surface area (Å²) in [4.78, 5) is 8.19. The van der Waals surface area contributed by atoms with E-state index in [-0.39, 0.29) is 0 Å². The van der Waals surface area contributed by atoms with Crippen LogP contribution >= 0.6 is 11.6 Å². The van der Waals surface area contributed by atoms with Crippen LogP contribution in [0.15, 0.2) is 47.5 Å². The molecule has 0 aliphatic rings. The van der Waals surface area contributed by atoms with Crippen LogP contribution in [0, 0.1) is 0 Å². The van der Waals surface area contributed by atoms with Crippen molar-refractivity contribution in [2.24, 2.45) is 0 Å². The fraction of sp³-hybridized carbons (Fsp3) is 0.0833. The van der Waals surface area contributed by atoms with Gasteiger partial charge in [-0.1, -0.05) is 0 Å². The molecule has 0 spiro atoms. The molecule has 0 aliphatic heterocycles. The van der Waals surface area contributed by atoms with Crippen molar-refractivity contribution in [2.45, 2.75) is 6.54 Å². The molecule has 0 atom stereocenters. The first-order chi connectivity index (χ1) is 9.33. The van der Waals surface area contributed by atoms with Crippen molar-refractivity contribution < 1.29 is 4.42 Å². The number of hydrogen-bond donors (Lipinski definition) is 1. The molecule has 0 radical (unpaired) electrons. The van der Waals surface area contributed by atoms with Gasteiger partial charge in [-0.25, -0.2) is 14.6 Å². The molecule has 0 amide bonds. The maximum Gasteiger partial charge on any atom is 0.193 e. The van der Waals surface area contributed by atoms with Gasteiger partial charge < -0.3 is 9.73 Å². The lowest BCUT2D eigenvalue weighted by Crippen LogP contribution is -2.06. The molecule has 3 heterocycles. The molecule has 0 bridgehead atoms. The fourth-order valence-electron chi connectivity index (χ4n) is 1.66. The normalized spacial score (nSPS) is 10.6. The van der Waals surface area contributed by atoms with E-state index in [1.807, 2.05) is 18.2 Å². The van der Waals surface area contributed by atoms with Crippen LogP contribution < -0.4 is 5.32 Å². The summed E-state index contributed by atoms with van der Waals surface area (Å²) in [6, 6.07) is 7.29. The molecule has 0 fully saturated rings. The van der Waals surface area contributed by atoms with Crippen molar-refractivity contribution in [1.82, 2.24) is 19.7 Å². The fourth-order valence-corrected chi connectivity index (χ4v) is 1.83. The number of nitrogens with zero attached hydrogens (tertiary/aromatic N) is 4. The Hall–Kier alpha value is -2.34. The van der Waals surface area contributed by atoms with Gasteiger partial charge >= 0.3 is 0 Å². The van der Waals surface area contributed by atoms with Gasteiger partial charge in [0.05, 0.1) is 12.2 Å². The van der Waals surface area contributed by atoms with Gasteiger partial charge in [0.2, 0.25) is 0 Å². The Labute approximate surface area is 114 Å². The highest BCUT2D eigenvalue weighted by atomic mass is 35.5. The summed E-state index contributed by atoms with van der Waals surface area (Å²) >= 11 is 5.73. The number of furan rings is 1. The number of anilines is 1. The van der Waals surface area contributed by atoms with E-state index in [0.717, 1.165) is 11.4 Å². The van der Waals surface area contributed by atoms with Gasteiger partial charge in [-0.3, -0.25) is 0 Å². The monoisotopic (exact) mass is 275 g/mol. The van der Waals surface area contributed by atoms with E-state index >= 15 is 0 Å². The molecular weight excluding hydrogens is 266 g/mol. The summed E-state index contributed by atoms with van der Waals surface area (Å²) in [5.74, 6) is 1.43. The van der Waals surface area contributed by atoms with E-state index < -0.39 is 0 Å². The summed E-state index contributed by atoms with van der Waals surface area (Å²) in [5, 5.41) is 7.67. The summed E-state index contributed by atoms with van der Waals surface area (Å²) in [6.07, 6.45) is 4.76. The lowest BCUT2D eigenvalue weighted by atomic mass is 10.3. The molecule has 0 aliphatic carbocycles. The number of hydrogen-bond acceptors (Lipinski definition) is 5. The van der Waals surface area contributed by atoms with Crippen LogP contribution in [0.3, 0.4) is 0 Å². The number of rotatable bonds is 4. The van der Waals surface area contributed by atoms with Gasteiger partial charge in [-0.05, 0) is 35.9 Å². The first-order valence-electron chi connectivity index (χ1n) is 5.61. The lowest BCUT2D eigenvalue weighted by Gasteiger charge is -2.09. The Bertz CT molecular complexity index is 664. The van der Waals surface area contributed by atoms with E-state index in [9.17, 15) is 0 Å². The summed E-state index contributed by atoms with van der Waals surface area (Å²) in [7, 11) is 0. The highest BCUT2D eigenvalue weighted by Crippen LogP contribution is 2.18. The molecule has 3 rings (SSSR count). The van der Waals surface area contributed by atoms with Crippen LogP contribution in [0.4, 0.5) is 5.69 Å². The number of aromatic nitrogens is 4. The largest absolute Gasteiger partial charge is 0.448 e. The Kier molecular flexibility index (Phi) is 3.16. The minimum absolute atomic E-state index is 0.375.